The summed E-state index contributed by atoms with van der Waals surface area (Å²) >= 11 is 0. The molecule has 0 bridgehead atoms. The van der Waals surface area contributed by atoms with Gasteiger partial charge in [0.15, 0.2) is 0 Å². The molecule has 7 heteroatoms. The van der Waals surface area contributed by atoms with Crippen molar-refractivity contribution in [2.75, 3.05) is 6.54 Å². The van der Waals surface area contributed by atoms with E-state index in [4.69, 9.17) is 10.2 Å². The van der Waals surface area contributed by atoms with Crippen molar-refractivity contribution in [1.29, 1.82) is 0 Å². The number of carboxylic acids is 2. The fraction of sp³-hybridized carbons (Fsp3) is 0.769. The second-order valence-electron chi connectivity index (χ2n) is 5.55. The standard InChI is InChI=1S/C13H22N2O5/c1-8(2)7-15(9-3-4-9)13(20)14-10(12(18)19)5-6-11(16)17/h8-10H,3-7H2,1-2H3,(H,14,20)(H,16,17)(H,18,19)/t10-/m0/s1. The van der Waals surface area contributed by atoms with Gasteiger partial charge < -0.3 is 20.4 Å². The zero-order valence-corrected chi connectivity index (χ0v) is 11.8. The number of carbonyl (C=O) groups excluding carboxylic acids is 1. The number of rotatable bonds is 8. The average Bonchev–Trinajstić information content (AvgIpc) is 3.14. The van der Waals surface area contributed by atoms with E-state index in [9.17, 15) is 14.4 Å². The molecule has 0 aromatic rings. The summed E-state index contributed by atoms with van der Waals surface area (Å²) in [5.74, 6) is -1.99. The zero-order chi connectivity index (χ0) is 15.3. The number of urea groups is 1. The van der Waals surface area contributed by atoms with Crippen LogP contribution in [-0.4, -0.2) is 51.7 Å². The van der Waals surface area contributed by atoms with Gasteiger partial charge in [-0.2, -0.15) is 0 Å². The van der Waals surface area contributed by atoms with E-state index in [0.717, 1.165) is 12.8 Å². The summed E-state index contributed by atoms with van der Waals surface area (Å²) in [6.07, 6.45) is 1.47. The van der Waals surface area contributed by atoms with E-state index in [-0.39, 0.29) is 18.9 Å². The minimum atomic E-state index is -1.21. The Hall–Kier alpha value is -1.79. The number of aliphatic carboxylic acids is 2. The molecule has 0 spiro atoms. The summed E-state index contributed by atoms with van der Waals surface area (Å²) < 4.78 is 0. The van der Waals surface area contributed by atoms with Gasteiger partial charge in [0.25, 0.3) is 0 Å². The Kier molecular flexibility index (Phi) is 5.79. The van der Waals surface area contributed by atoms with Gasteiger partial charge in [-0.15, -0.1) is 0 Å². The Balaban J connectivity index is 2.58. The first-order valence-electron chi connectivity index (χ1n) is 6.83. The molecule has 0 aromatic carbocycles. The van der Waals surface area contributed by atoms with Crippen LogP contribution < -0.4 is 5.32 Å². The van der Waals surface area contributed by atoms with Crippen molar-refractivity contribution in [3.05, 3.63) is 0 Å². The third kappa shape index (κ3) is 5.46. The lowest BCUT2D eigenvalue weighted by molar-refractivity contribution is -0.140. The molecule has 0 aliphatic heterocycles. The topological polar surface area (TPSA) is 107 Å². The Bertz CT molecular complexity index is 379. The van der Waals surface area contributed by atoms with Crippen LogP contribution in [0.15, 0.2) is 0 Å². The second kappa shape index (κ2) is 7.12. The number of carboxylic acid groups (broad SMARTS) is 2. The highest BCUT2D eigenvalue weighted by atomic mass is 16.4. The highest BCUT2D eigenvalue weighted by Crippen LogP contribution is 2.27. The van der Waals surface area contributed by atoms with Crippen LogP contribution in [-0.2, 0) is 9.59 Å². The van der Waals surface area contributed by atoms with Crippen molar-refractivity contribution in [3.63, 3.8) is 0 Å². The van der Waals surface area contributed by atoms with Gasteiger partial charge in [0.2, 0.25) is 0 Å². The van der Waals surface area contributed by atoms with Crippen LogP contribution in [0.2, 0.25) is 0 Å². The van der Waals surface area contributed by atoms with Gasteiger partial charge in [0.1, 0.15) is 6.04 Å². The molecular weight excluding hydrogens is 264 g/mol. The smallest absolute Gasteiger partial charge is 0.326 e. The van der Waals surface area contributed by atoms with E-state index < -0.39 is 24.0 Å². The second-order valence-corrected chi connectivity index (χ2v) is 5.55. The van der Waals surface area contributed by atoms with E-state index in [1.165, 1.54) is 0 Å². The fourth-order valence-corrected chi connectivity index (χ4v) is 1.93. The maximum atomic E-state index is 12.1. The maximum Gasteiger partial charge on any atom is 0.326 e. The average molecular weight is 286 g/mol. The molecule has 0 aromatic heterocycles. The molecule has 1 atom stereocenters. The molecule has 114 valence electrons. The number of nitrogens with one attached hydrogen (secondary N) is 1. The summed E-state index contributed by atoms with van der Waals surface area (Å²) in [5, 5.41) is 20.0. The Morgan fingerprint density at radius 3 is 2.25 bits per heavy atom. The van der Waals surface area contributed by atoms with Gasteiger partial charge in [-0.3, -0.25) is 4.79 Å². The molecule has 1 saturated carbocycles. The van der Waals surface area contributed by atoms with Crippen molar-refractivity contribution < 1.29 is 24.6 Å². The predicted octanol–water partition coefficient (Wildman–Crippen LogP) is 1.13. The van der Waals surface area contributed by atoms with Gasteiger partial charge >= 0.3 is 18.0 Å². The normalized spacial score (nSPS) is 15.8. The first kappa shape index (κ1) is 16.3. The highest BCUT2D eigenvalue weighted by Gasteiger charge is 2.34. The number of carbonyl (C=O) groups is 3. The van der Waals surface area contributed by atoms with E-state index >= 15 is 0 Å². The Morgan fingerprint density at radius 1 is 1.25 bits per heavy atom. The summed E-state index contributed by atoms with van der Waals surface area (Å²) in [6.45, 7) is 4.55. The maximum absolute atomic E-state index is 12.1. The van der Waals surface area contributed by atoms with Crippen LogP contribution in [0.5, 0.6) is 0 Å². The molecule has 1 fully saturated rings. The van der Waals surface area contributed by atoms with Gasteiger partial charge in [-0.1, -0.05) is 13.8 Å². The van der Waals surface area contributed by atoms with Crippen LogP contribution in [0.25, 0.3) is 0 Å². The third-order valence-electron chi connectivity index (χ3n) is 3.05. The molecule has 0 heterocycles. The molecule has 0 unspecified atom stereocenters. The van der Waals surface area contributed by atoms with Gasteiger partial charge in [0, 0.05) is 19.0 Å². The lowest BCUT2D eigenvalue weighted by Gasteiger charge is -2.26. The first-order chi connectivity index (χ1) is 9.31. The van der Waals surface area contributed by atoms with Crippen molar-refractivity contribution in [3.8, 4) is 0 Å². The molecule has 0 radical (unpaired) electrons. The van der Waals surface area contributed by atoms with E-state index in [1.807, 2.05) is 13.8 Å². The monoisotopic (exact) mass is 286 g/mol. The third-order valence-corrected chi connectivity index (χ3v) is 3.05. The van der Waals surface area contributed by atoms with Crippen molar-refractivity contribution >= 4 is 18.0 Å². The molecule has 1 aliphatic rings. The summed E-state index contributed by atoms with van der Waals surface area (Å²) in [5.41, 5.74) is 0. The Labute approximate surface area is 117 Å². The summed E-state index contributed by atoms with van der Waals surface area (Å²) in [6, 6.07) is -1.39. The predicted molar refractivity (Wildman–Crippen MR) is 71.4 cm³/mol. The number of hydrogen-bond acceptors (Lipinski definition) is 3. The van der Waals surface area contributed by atoms with Gasteiger partial charge in [0.05, 0.1) is 0 Å². The fourth-order valence-electron chi connectivity index (χ4n) is 1.93. The molecule has 0 saturated heterocycles. The van der Waals surface area contributed by atoms with Gasteiger partial charge in [-0.25, -0.2) is 9.59 Å². The van der Waals surface area contributed by atoms with Crippen molar-refractivity contribution in [1.82, 2.24) is 10.2 Å². The SMILES string of the molecule is CC(C)CN(C(=O)N[C@@H](CCC(=O)O)C(=O)O)C1CC1. The summed E-state index contributed by atoms with van der Waals surface area (Å²) in [4.78, 5) is 35.3. The molecule has 20 heavy (non-hydrogen) atoms. The van der Waals surface area contributed by atoms with Crippen LogP contribution in [0.3, 0.4) is 0 Å². The lowest BCUT2D eigenvalue weighted by atomic mass is 10.1. The zero-order valence-electron chi connectivity index (χ0n) is 11.8. The van der Waals surface area contributed by atoms with Crippen LogP contribution in [0.1, 0.15) is 39.5 Å². The largest absolute Gasteiger partial charge is 0.481 e. The quantitative estimate of drug-likeness (QED) is 0.620. The molecular formula is C13H22N2O5. The van der Waals surface area contributed by atoms with E-state index in [0.29, 0.717) is 12.5 Å². The minimum absolute atomic E-state index is 0.114. The summed E-state index contributed by atoms with van der Waals surface area (Å²) in [7, 11) is 0. The molecule has 3 N–H and O–H groups in total. The van der Waals surface area contributed by atoms with Crippen LogP contribution in [0.4, 0.5) is 4.79 Å². The van der Waals surface area contributed by atoms with Crippen molar-refractivity contribution in [2.24, 2.45) is 5.92 Å². The Morgan fingerprint density at radius 2 is 1.85 bits per heavy atom. The highest BCUT2D eigenvalue weighted by molar-refractivity contribution is 5.83. The van der Waals surface area contributed by atoms with Crippen molar-refractivity contribution in [2.45, 2.75) is 51.6 Å². The molecule has 1 rings (SSSR count). The number of hydrogen-bond donors (Lipinski definition) is 3. The van der Waals surface area contributed by atoms with Crippen LogP contribution in [0, 0.1) is 5.92 Å². The van der Waals surface area contributed by atoms with Crippen LogP contribution >= 0.6 is 0 Å². The van der Waals surface area contributed by atoms with E-state index in [2.05, 4.69) is 5.32 Å². The number of nitrogens with zero attached hydrogens (tertiary/aromatic N) is 1. The first-order valence-corrected chi connectivity index (χ1v) is 6.83. The van der Waals surface area contributed by atoms with Gasteiger partial charge in [-0.05, 0) is 25.2 Å². The number of amides is 2. The molecule has 2 amide bonds. The molecule has 1 aliphatic carbocycles. The molecule has 7 nitrogen and oxygen atoms in total. The van der Waals surface area contributed by atoms with E-state index in [1.54, 1.807) is 4.90 Å². The lowest BCUT2D eigenvalue weighted by Crippen LogP contribution is -2.49. The minimum Gasteiger partial charge on any atom is -0.481 e.